The molecule has 1 atom stereocenters. The van der Waals surface area contributed by atoms with Crippen LogP contribution >= 0.6 is 0 Å². The van der Waals surface area contributed by atoms with Crippen molar-refractivity contribution in [2.75, 3.05) is 6.54 Å². The van der Waals surface area contributed by atoms with Crippen LogP contribution in [0.3, 0.4) is 0 Å². The molecule has 2 rings (SSSR count). The fourth-order valence-corrected chi connectivity index (χ4v) is 1.94. The maximum atomic E-state index is 12.9. The maximum absolute atomic E-state index is 12.9. The van der Waals surface area contributed by atoms with Crippen molar-refractivity contribution in [1.82, 2.24) is 5.32 Å². The first-order valence-corrected chi connectivity index (χ1v) is 7.71. The van der Waals surface area contributed by atoms with Crippen LogP contribution in [0.25, 0.3) is 11.3 Å². The van der Waals surface area contributed by atoms with E-state index in [0.717, 1.165) is 0 Å². The third kappa shape index (κ3) is 4.68. The average Bonchev–Trinajstić information content (AvgIpc) is 3.03. The van der Waals surface area contributed by atoms with Crippen LogP contribution < -0.4 is 5.32 Å². The van der Waals surface area contributed by atoms with Gasteiger partial charge in [-0.1, -0.05) is 13.8 Å². The molecular formula is C18H20FNO4. The molecule has 1 aromatic carbocycles. The molecule has 0 radical (unpaired) electrons. The molecule has 0 unspecified atom stereocenters. The van der Waals surface area contributed by atoms with Gasteiger partial charge in [-0.3, -0.25) is 4.79 Å². The minimum atomic E-state index is -0.921. The molecule has 0 bridgehead atoms. The fraction of sp³-hybridized carbons (Fsp3) is 0.333. The highest BCUT2D eigenvalue weighted by atomic mass is 19.1. The topological polar surface area (TPSA) is 68.5 Å². The van der Waals surface area contributed by atoms with Crippen LogP contribution in [0.5, 0.6) is 0 Å². The monoisotopic (exact) mass is 333 g/mol. The predicted molar refractivity (Wildman–Crippen MR) is 86.8 cm³/mol. The molecule has 0 saturated heterocycles. The highest BCUT2D eigenvalue weighted by molar-refractivity contribution is 5.90. The Morgan fingerprint density at radius 3 is 2.42 bits per heavy atom. The van der Waals surface area contributed by atoms with E-state index in [2.05, 4.69) is 5.32 Å². The molecule has 1 aromatic heterocycles. The van der Waals surface area contributed by atoms with Crippen LogP contribution in [0, 0.1) is 11.7 Å². The third-order valence-electron chi connectivity index (χ3n) is 3.27. The van der Waals surface area contributed by atoms with Gasteiger partial charge in [0.25, 0.3) is 5.91 Å². The molecule has 0 aliphatic carbocycles. The van der Waals surface area contributed by atoms with E-state index in [1.54, 1.807) is 18.2 Å². The van der Waals surface area contributed by atoms with E-state index in [9.17, 15) is 14.0 Å². The quantitative estimate of drug-likeness (QED) is 0.823. The summed E-state index contributed by atoms with van der Waals surface area (Å²) in [5.74, 6) is -0.735. The van der Waals surface area contributed by atoms with Gasteiger partial charge in [0.2, 0.25) is 5.76 Å². The van der Waals surface area contributed by atoms with E-state index >= 15 is 0 Å². The number of halogens is 1. The third-order valence-corrected chi connectivity index (χ3v) is 3.27. The van der Waals surface area contributed by atoms with Crippen molar-refractivity contribution in [3.63, 3.8) is 0 Å². The first-order chi connectivity index (χ1) is 11.4. The van der Waals surface area contributed by atoms with Gasteiger partial charge in [-0.15, -0.1) is 0 Å². The average molecular weight is 333 g/mol. The van der Waals surface area contributed by atoms with Crippen LogP contribution in [0.2, 0.25) is 0 Å². The van der Waals surface area contributed by atoms with E-state index in [1.165, 1.54) is 25.1 Å². The number of ether oxygens (including phenoxy) is 1. The molecule has 6 heteroatoms. The number of nitrogens with one attached hydrogen (secondary N) is 1. The van der Waals surface area contributed by atoms with Gasteiger partial charge in [0.1, 0.15) is 11.6 Å². The van der Waals surface area contributed by atoms with Crippen LogP contribution in [-0.4, -0.2) is 24.5 Å². The van der Waals surface area contributed by atoms with Crippen molar-refractivity contribution >= 4 is 11.9 Å². The maximum Gasteiger partial charge on any atom is 0.375 e. The Kier molecular flexibility index (Phi) is 5.73. The zero-order valence-electron chi connectivity index (χ0n) is 13.8. The molecule has 0 fully saturated rings. The highest BCUT2D eigenvalue weighted by Gasteiger charge is 2.21. The molecule has 1 heterocycles. The largest absolute Gasteiger partial charge is 0.449 e. The van der Waals surface area contributed by atoms with E-state index < -0.39 is 12.1 Å². The van der Waals surface area contributed by atoms with Crippen LogP contribution in [0.15, 0.2) is 40.8 Å². The van der Waals surface area contributed by atoms with Gasteiger partial charge < -0.3 is 14.5 Å². The second-order valence-corrected chi connectivity index (χ2v) is 5.86. The van der Waals surface area contributed by atoms with Crippen molar-refractivity contribution in [2.45, 2.75) is 26.9 Å². The summed E-state index contributed by atoms with van der Waals surface area (Å²) in [4.78, 5) is 23.9. The van der Waals surface area contributed by atoms with Gasteiger partial charge >= 0.3 is 5.97 Å². The van der Waals surface area contributed by atoms with Crippen LogP contribution in [-0.2, 0) is 9.53 Å². The first kappa shape index (κ1) is 17.7. The fourth-order valence-electron chi connectivity index (χ4n) is 1.94. The lowest BCUT2D eigenvalue weighted by molar-refractivity contribution is -0.129. The van der Waals surface area contributed by atoms with Crippen molar-refractivity contribution in [2.24, 2.45) is 5.92 Å². The zero-order chi connectivity index (χ0) is 17.7. The molecule has 0 aliphatic heterocycles. The Balaban J connectivity index is 1.98. The van der Waals surface area contributed by atoms with Gasteiger partial charge in [0, 0.05) is 12.1 Å². The van der Waals surface area contributed by atoms with Gasteiger partial charge in [0.15, 0.2) is 6.10 Å². The Bertz CT molecular complexity index is 706. The first-order valence-electron chi connectivity index (χ1n) is 7.71. The minimum Gasteiger partial charge on any atom is -0.449 e. The number of rotatable bonds is 6. The summed E-state index contributed by atoms with van der Waals surface area (Å²) in [5, 5.41) is 2.69. The molecule has 24 heavy (non-hydrogen) atoms. The van der Waals surface area contributed by atoms with E-state index in [1.807, 2.05) is 13.8 Å². The molecule has 2 aromatic rings. The minimum absolute atomic E-state index is 0.0159. The number of carbonyl (C=O) groups is 2. The van der Waals surface area contributed by atoms with Crippen molar-refractivity contribution in [3.05, 3.63) is 48.0 Å². The highest BCUT2D eigenvalue weighted by Crippen LogP contribution is 2.23. The number of amides is 1. The summed E-state index contributed by atoms with van der Waals surface area (Å²) in [6.45, 7) is 5.95. The number of hydrogen-bond acceptors (Lipinski definition) is 4. The van der Waals surface area contributed by atoms with E-state index in [0.29, 0.717) is 23.8 Å². The van der Waals surface area contributed by atoms with Gasteiger partial charge in [-0.25, -0.2) is 9.18 Å². The SMILES string of the molecule is CC(C)CNC(=O)[C@@H](C)OC(=O)c1ccc(-c2ccc(F)cc2)o1. The lowest BCUT2D eigenvalue weighted by Crippen LogP contribution is -2.37. The smallest absolute Gasteiger partial charge is 0.375 e. The molecule has 5 nitrogen and oxygen atoms in total. The Hall–Kier alpha value is -2.63. The number of benzene rings is 1. The van der Waals surface area contributed by atoms with Crippen LogP contribution in [0.4, 0.5) is 4.39 Å². The predicted octanol–water partition coefficient (Wildman–Crippen LogP) is 3.40. The van der Waals surface area contributed by atoms with Crippen molar-refractivity contribution in [3.8, 4) is 11.3 Å². The molecule has 0 aliphatic rings. The summed E-state index contributed by atoms with van der Waals surface area (Å²) in [6, 6.07) is 8.75. The summed E-state index contributed by atoms with van der Waals surface area (Å²) < 4.78 is 23.4. The normalized spacial score (nSPS) is 12.0. The standard InChI is InChI=1S/C18H20FNO4/c1-11(2)10-20-17(21)12(3)23-18(22)16-9-8-15(24-16)13-4-6-14(19)7-5-13/h4-9,11-12H,10H2,1-3H3,(H,20,21)/t12-/m1/s1. The Morgan fingerprint density at radius 1 is 1.12 bits per heavy atom. The number of hydrogen-bond donors (Lipinski definition) is 1. The van der Waals surface area contributed by atoms with Gasteiger partial charge in [-0.05, 0) is 49.2 Å². The Labute approximate surface area is 139 Å². The number of carbonyl (C=O) groups excluding carboxylic acids is 2. The van der Waals surface area contributed by atoms with E-state index in [-0.39, 0.29) is 17.5 Å². The second kappa shape index (κ2) is 7.77. The summed E-state index contributed by atoms with van der Waals surface area (Å²) >= 11 is 0. The molecule has 128 valence electrons. The lowest BCUT2D eigenvalue weighted by atomic mass is 10.2. The van der Waals surface area contributed by atoms with E-state index in [4.69, 9.17) is 9.15 Å². The molecule has 0 saturated carbocycles. The lowest BCUT2D eigenvalue weighted by Gasteiger charge is -2.13. The summed E-state index contributed by atoms with van der Waals surface area (Å²) in [5.41, 5.74) is 0.637. The van der Waals surface area contributed by atoms with Gasteiger partial charge in [0.05, 0.1) is 0 Å². The summed E-state index contributed by atoms with van der Waals surface area (Å²) in [7, 11) is 0. The number of esters is 1. The Morgan fingerprint density at radius 2 is 1.79 bits per heavy atom. The molecule has 1 amide bonds. The van der Waals surface area contributed by atoms with Gasteiger partial charge in [-0.2, -0.15) is 0 Å². The summed E-state index contributed by atoms with van der Waals surface area (Å²) in [6.07, 6.45) is -0.921. The molecule has 1 N–H and O–H groups in total. The number of furan rings is 1. The van der Waals surface area contributed by atoms with Crippen molar-refractivity contribution < 1.29 is 23.1 Å². The van der Waals surface area contributed by atoms with Crippen molar-refractivity contribution in [1.29, 1.82) is 0 Å². The zero-order valence-corrected chi connectivity index (χ0v) is 13.8. The van der Waals surface area contributed by atoms with Crippen LogP contribution in [0.1, 0.15) is 31.3 Å². The molecule has 0 spiro atoms. The second-order valence-electron chi connectivity index (χ2n) is 5.86. The molecular weight excluding hydrogens is 313 g/mol.